The Labute approximate surface area is 231 Å². The summed E-state index contributed by atoms with van der Waals surface area (Å²) in [6.45, 7) is 17.1. The SMILES string of the molecule is C=CC(=O)Oc1cc(-c2ccc(OC(=O)C(=C)C)cc2)cc(OC(=O)C=C)c1-c1ccc(OC(=O)C(=C)C)cc1. The average molecular weight is 539 g/mol. The summed E-state index contributed by atoms with van der Waals surface area (Å²) in [4.78, 5) is 48.2. The molecule has 3 rings (SSSR count). The first-order valence-corrected chi connectivity index (χ1v) is 11.8. The lowest BCUT2D eigenvalue weighted by atomic mass is 9.97. The van der Waals surface area contributed by atoms with Gasteiger partial charge in [-0.3, -0.25) is 0 Å². The fourth-order valence-electron chi connectivity index (χ4n) is 3.30. The van der Waals surface area contributed by atoms with Crippen molar-refractivity contribution >= 4 is 23.9 Å². The normalized spacial score (nSPS) is 10.1. The summed E-state index contributed by atoms with van der Waals surface area (Å²) in [5.74, 6) is -1.93. The van der Waals surface area contributed by atoms with Gasteiger partial charge in [0.2, 0.25) is 0 Å². The molecule has 0 amide bonds. The van der Waals surface area contributed by atoms with Crippen LogP contribution in [-0.2, 0) is 19.2 Å². The molecule has 0 spiro atoms. The maximum atomic E-state index is 12.3. The molecular weight excluding hydrogens is 512 g/mol. The molecule has 202 valence electrons. The molecule has 8 nitrogen and oxygen atoms in total. The van der Waals surface area contributed by atoms with E-state index in [-0.39, 0.29) is 34.0 Å². The van der Waals surface area contributed by atoms with Crippen molar-refractivity contribution in [2.45, 2.75) is 13.8 Å². The first-order chi connectivity index (χ1) is 19.0. The minimum absolute atomic E-state index is 0.0683. The van der Waals surface area contributed by atoms with E-state index >= 15 is 0 Å². The van der Waals surface area contributed by atoms with E-state index < -0.39 is 23.9 Å². The van der Waals surface area contributed by atoms with Crippen LogP contribution in [0.15, 0.2) is 110 Å². The molecular formula is C32H26O8. The number of ether oxygens (including phenoxy) is 4. The van der Waals surface area contributed by atoms with Gasteiger partial charge in [0.05, 0.1) is 5.56 Å². The number of hydrogen-bond acceptors (Lipinski definition) is 8. The quantitative estimate of drug-likeness (QED) is 0.172. The van der Waals surface area contributed by atoms with Gasteiger partial charge in [0, 0.05) is 23.3 Å². The summed E-state index contributed by atoms with van der Waals surface area (Å²) >= 11 is 0. The van der Waals surface area contributed by atoms with E-state index in [1.54, 1.807) is 55.5 Å². The van der Waals surface area contributed by atoms with Crippen molar-refractivity contribution in [1.29, 1.82) is 0 Å². The number of carbonyl (C=O) groups excluding carboxylic acids is 4. The Bertz CT molecular complexity index is 1480. The van der Waals surface area contributed by atoms with Crippen LogP contribution >= 0.6 is 0 Å². The van der Waals surface area contributed by atoms with Gasteiger partial charge in [-0.05, 0) is 66.9 Å². The lowest BCUT2D eigenvalue weighted by Gasteiger charge is -2.17. The van der Waals surface area contributed by atoms with Gasteiger partial charge in [-0.1, -0.05) is 50.6 Å². The van der Waals surface area contributed by atoms with Gasteiger partial charge in [-0.15, -0.1) is 0 Å². The summed E-state index contributed by atoms with van der Waals surface area (Å²) in [7, 11) is 0. The Morgan fingerprint density at radius 2 is 0.950 bits per heavy atom. The molecule has 0 radical (unpaired) electrons. The average Bonchev–Trinajstić information content (AvgIpc) is 2.93. The summed E-state index contributed by atoms with van der Waals surface area (Å²) in [6, 6.07) is 16.0. The Kier molecular flexibility index (Phi) is 9.33. The molecule has 0 saturated carbocycles. The Morgan fingerprint density at radius 1 is 0.575 bits per heavy atom. The molecule has 0 heterocycles. The Hall–Kier alpha value is -5.50. The van der Waals surface area contributed by atoms with E-state index in [1.807, 2.05) is 0 Å². The van der Waals surface area contributed by atoms with E-state index in [2.05, 4.69) is 26.3 Å². The summed E-state index contributed by atoms with van der Waals surface area (Å²) in [6.07, 6.45) is 1.99. The molecule has 0 saturated heterocycles. The molecule has 0 aliphatic heterocycles. The third-order valence-corrected chi connectivity index (χ3v) is 5.27. The number of benzene rings is 3. The maximum absolute atomic E-state index is 12.3. The van der Waals surface area contributed by atoms with Crippen molar-refractivity contribution < 1.29 is 38.1 Å². The highest BCUT2D eigenvalue weighted by atomic mass is 16.6. The number of rotatable bonds is 10. The van der Waals surface area contributed by atoms with Gasteiger partial charge in [0.15, 0.2) is 0 Å². The van der Waals surface area contributed by atoms with E-state index in [0.717, 1.165) is 12.2 Å². The van der Waals surface area contributed by atoms with Crippen LogP contribution in [-0.4, -0.2) is 23.9 Å². The lowest BCUT2D eigenvalue weighted by molar-refractivity contribution is -0.130. The number of carbonyl (C=O) groups is 4. The molecule has 3 aromatic carbocycles. The zero-order valence-corrected chi connectivity index (χ0v) is 22.0. The molecule has 0 aliphatic carbocycles. The van der Waals surface area contributed by atoms with Crippen molar-refractivity contribution in [3.8, 4) is 45.3 Å². The van der Waals surface area contributed by atoms with Crippen LogP contribution in [0.3, 0.4) is 0 Å². The molecule has 0 atom stereocenters. The molecule has 0 unspecified atom stereocenters. The van der Waals surface area contributed by atoms with Gasteiger partial charge in [-0.25, -0.2) is 19.2 Å². The first kappa shape index (κ1) is 29.1. The predicted molar refractivity (Wildman–Crippen MR) is 150 cm³/mol. The van der Waals surface area contributed by atoms with E-state index in [9.17, 15) is 19.2 Å². The largest absolute Gasteiger partial charge is 0.423 e. The summed E-state index contributed by atoms with van der Waals surface area (Å²) in [5.41, 5.74) is 2.41. The van der Waals surface area contributed by atoms with Crippen LogP contribution in [0, 0.1) is 0 Å². The van der Waals surface area contributed by atoms with Crippen LogP contribution in [0.25, 0.3) is 22.3 Å². The lowest BCUT2D eigenvalue weighted by Crippen LogP contribution is -2.09. The minimum atomic E-state index is -0.742. The molecule has 3 aromatic rings. The molecule has 0 aromatic heterocycles. The second-order valence-electron chi connectivity index (χ2n) is 8.49. The number of hydrogen-bond donors (Lipinski definition) is 0. The van der Waals surface area contributed by atoms with Crippen molar-refractivity contribution in [2.24, 2.45) is 0 Å². The second kappa shape index (κ2) is 12.8. The highest BCUT2D eigenvalue weighted by Crippen LogP contribution is 2.43. The van der Waals surface area contributed by atoms with Crippen molar-refractivity contribution in [3.63, 3.8) is 0 Å². The molecule has 0 aliphatic rings. The van der Waals surface area contributed by atoms with E-state index in [4.69, 9.17) is 18.9 Å². The third kappa shape index (κ3) is 7.29. The Morgan fingerprint density at radius 3 is 1.30 bits per heavy atom. The summed E-state index contributed by atoms with van der Waals surface area (Å²) < 4.78 is 21.6. The standard InChI is InChI=1S/C32H26O8/c1-7-28(33)39-26-17-23(21-9-13-24(14-10-21)37-31(35)19(3)4)18-27(40-29(34)8-2)30(26)22-11-15-25(16-12-22)38-32(36)20(5)6/h7-18H,1-3,5H2,4,6H3. The van der Waals surface area contributed by atoms with Crippen LogP contribution in [0.5, 0.6) is 23.0 Å². The molecule has 0 fully saturated rings. The van der Waals surface area contributed by atoms with Gasteiger partial charge in [0.1, 0.15) is 23.0 Å². The third-order valence-electron chi connectivity index (χ3n) is 5.27. The van der Waals surface area contributed by atoms with E-state index in [0.29, 0.717) is 22.4 Å². The van der Waals surface area contributed by atoms with Crippen LogP contribution in [0.4, 0.5) is 0 Å². The first-order valence-electron chi connectivity index (χ1n) is 11.8. The molecule has 40 heavy (non-hydrogen) atoms. The van der Waals surface area contributed by atoms with Crippen molar-refractivity contribution in [2.75, 3.05) is 0 Å². The number of esters is 4. The second-order valence-corrected chi connectivity index (χ2v) is 8.49. The minimum Gasteiger partial charge on any atom is -0.423 e. The van der Waals surface area contributed by atoms with E-state index in [1.165, 1.54) is 19.1 Å². The topological polar surface area (TPSA) is 105 Å². The van der Waals surface area contributed by atoms with Crippen LogP contribution in [0.2, 0.25) is 0 Å². The monoisotopic (exact) mass is 538 g/mol. The molecule has 0 N–H and O–H groups in total. The predicted octanol–water partition coefficient (Wildman–Crippen LogP) is 6.17. The summed E-state index contributed by atoms with van der Waals surface area (Å²) in [5, 5.41) is 0. The van der Waals surface area contributed by atoms with Gasteiger partial charge >= 0.3 is 23.9 Å². The Balaban J connectivity index is 2.13. The highest BCUT2D eigenvalue weighted by molar-refractivity contribution is 5.92. The van der Waals surface area contributed by atoms with Gasteiger partial charge in [0.25, 0.3) is 0 Å². The zero-order chi connectivity index (χ0) is 29.4. The molecule has 8 heteroatoms. The maximum Gasteiger partial charge on any atom is 0.338 e. The van der Waals surface area contributed by atoms with Crippen molar-refractivity contribution in [3.05, 3.63) is 110 Å². The fraction of sp³-hybridized carbons (Fsp3) is 0.0625. The highest BCUT2D eigenvalue weighted by Gasteiger charge is 2.20. The van der Waals surface area contributed by atoms with Crippen LogP contribution in [0.1, 0.15) is 13.8 Å². The van der Waals surface area contributed by atoms with Gasteiger partial charge in [-0.2, -0.15) is 0 Å². The molecule has 0 bridgehead atoms. The van der Waals surface area contributed by atoms with Crippen molar-refractivity contribution in [1.82, 2.24) is 0 Å². The zero-order valence-electron chi connectivity index (χ0n) is 22.0. The fourth-order valence-corrected chi connectivity index (χ4v) is 3.30. The van der Waals surface area contributed by atoms with Gasteiger partial charge < -0.3 is 18.9 Å². The smallest absolute Gasteiger partial charge is 0.338 e. The van der Waals surface area contributed by atoms with Crippen LogP contribution < -0.4 is 18.9 Å².